The van der Waals surface area contributed by atoms with E-state index in [1.165, 1.54) is 123 Å². The van der Waals surface area contributed by atoms with Crippen LogP contribution < -0.4 is 0 Å². The summed E-state index contributed by atoms with van der Waals surface area (Å²) in [5.41, 5.74) is -6.00. The van der Waals surface area contributed by atoms with E-state index in [1.54, 1.807) is 0 Å². The maximum Gasteiger partial charge on any atom is 0.324 e. The number of phenols is 2. The number of benzene rings is 2. The van der Waals surface area contributed by atoms with E-state index in [0.717, 1.165) is 0 Å². The minimum Gasteiger partial charge on any atom is -0.497 e. The Morgan fingerprint density at radius 1 is 0.455 bits per heavy atom. The number of nitro benzene ring substituents is 6. The molecule has 1 fully saturated rings. The fourth-order valence-electron chi connectivity index (χ4n) is 5.60. The zero-order chi connectivity index (χ0) is 41.5. The van der Waals surface area contributed by atoms with Crippen LogP contribution in [0.4, 0.5) is 34.1 Å². The molecular weight excluding hydrogens is 732 g/mol. The van der Waals surface area contributed by atoms with Crippen LogP contribution in [0, 0.1) is 60.7 Å². The summed E-state index contributed by atoms with van der Waals surface area (Å²) < 4.78 is 0. The number of unbranched alkanes of at least 4 members (excludes halogenated alkanes) is 12. The molecule has 22 heteroatoms. The summed E-state index contributed by atoms with van der Waals surface area (Å²) in [6.07, 6.45) is 20.0. The van der Waals surface area contributed by atoms with Crippen molar-refractivity contribution >= 4 is 34.1 Å². The normalized spacial score (nSPS) is 12.5. The molecule has 2 aromatic carbocycles. The molecule has 306 valence electrons. The Balaban J connectivity index is 0.000000423. The second-order valence-corrected chi connectivity index (χ2v) is 12.8. The summed E-state index contributed by atoms with van der Waals surface area (Å²) in [4.78, 5) is 60.9. The second kappa shape index (κ2) is 25.4. The lowest BCUT2D eigenvalue weighted by molar-refractivity contribution is -0.404. The first-order valence-corrected chi connectivity index (χ1v) is 18.1. The highest BCUT2D eigenvalue weighted by molar-refractivity contribution is 5.65. The number of phenolic OH excluding ortho intramolecular Hbond substituents is 2. The van der Waals surface area contributed by atoms with Crippen molar-refractivity contribution in [3.05, 3.63) is 85.0 Å². The quantitative estimate of drug-likeness (QED) is 0.0644. The van der Waals surface area contributed by atoms with E-state index in [-0.39, 0.29) is 0 Å². The van der Waals surface area contributed by atoms with E-state index in [1.807, 2.05) is 0 Å². The Morgan fingerprint density at radius 3 is 0.945 bits per heavy atom. The summed E-state index contributed by atoms with van der Waals surface area (Å²) in [6, 6.07) is 1.79. The molecule has 2 aromatic rings. The molecule has 0 bridgehead atoms. The number of rotatable bonds is 22. The molecular formula is C33H50N8O14. The lowest BCUT2D eigenvalue weighted by Gasteiger charge is -2.18. The third-order valence-corrected chi connectivity index (χ3v) is 8.61. The van der Waals surface area contributed by atoms with Crippen molar-refractivity contribution in [1.82, 2.24) is 9.80 Å². The van der Waals surface area contributed by atoms with Gasteiger partial charge in [-0.2, -0.15) is 0 Å². The molecule has 55 heavy (non-hydrogen) atoms. The molecule has 0 spiro atoms. The van der Waals surface area contributed by atoms with Crippen molar-refractivity contribution in [1.29, 1.82) is 0 Å². The zero-order valence-electron chi connectivity index (χ0n) is 31.1. The number of nitrogens with zero attached hydrogens (tertiary/aromatic N) is 8. The number of aromatic hydroxyl groups is 2. The monoisotopic (exact) mass is 782 g/mol. The van der Waals surface area contributed by atoms with Crippen LogP contribution in [0.25, 0.3) is 0 Å². The predicted octanol–water partition coefficient (Wildman–Crippen LogP) is 8.30. The van der Waals surface area contributed by atoms with Crippen molar-refractivity contribution in [2.45, 2.75) is 104 Å². The van der Waals surface area contributed by atoms with Gasteiger partial charge in [0, 0.05) is 13.1 Å². The molecule has 0 amide bonds. The van der Waals surface area contributed by atoms with Gasteiger partial charge < -0.3 is 10.2 Å². The summed E-state index contributed by atoms with van der Waals surface area (Å²) >= 11 is 0. The number of non-ortho nitro benzene ring substituents is 2. The summed E-state index contributed by atoms with van der Waals surface area (Å²) in [6.45, 7) is 11.1. The third-order valence-electron chi connectivity index (χ3n) is 8.61. The molecule has 1 aliphatic rings. The van der Waals surface area contributed by atoms with Gasteiger partial charge in [0.25, 0.3) is 22.9 Å². The van der Waals surface area contributed by atoms with Gasteiger partial charge in [-0.25, -0.2) is 0 Å². The fourth-order valence-corrected chi connectivity index (χ4v) is 5.60. The lowest BCUT2D eigenvalue weighted by atomic mass is 10.1. The summed E-state index contributed by atoms with van der Waals surface area (Å²) in [5.74, 6) is -2.42. The molecule has 0 aliphatic carbocycles. The minimum atomic E-state index is -1.21. The number of hydrogen-bond donors (Lipinski definition) is 2. The number of hydrogen-bond acceptors (Lipinski definition) is 16. The van der Waals surface area contributed by atoms with Crippen LogP contribution >= 0.6 is 0 Å². The zero-order valence-corrected chi connectivity index (χ0v) is 31.1. The largest absolute Gasteiger partial charge is 0.497 e. The first kappa shape index (κ1) is 47.4. The van der Waals surface area contributed by atoms with Crippen LogP contribution in [0.15, 0.2) is 24.3 Å². The average Bonchev–Trinajstić information content (AvgIpc) is 3.58. The van der Waals surface area contributed by atoms with E-state index >= 15 is 0 Å². The van der Waals surface area contributed by atoms with Crippen molar-refractivity contribution in [2.24, 2.45) is 0 Å². The first-order chi connectivity index (χ1) is 26.0. The van der Waals surface area contributed by atoms with Crippen LogP contribution in [-0.4, -0.2) is 82.4 Å². The van der Waals surface area contributed by atoms with E-state index < -0.39 is 75.2 Å². The van der Waals surface area contributed by atoms with Gasteiger partial charge in [0.2, 0.25) is 0 Å². The van der Waals surface area contributed by atoms with Crippen LogP contribution in [0.2, 0.25) is 0 Å². The Hall–Kier alpha value is -5.64. The summed E-state index contributed by atoms with van der Waals surface area (Å²) in [7, 11) is 0. The van der Waals surface area contributed by atoms with Gasteiger partial charge in [-0.3, -0.25) is 70.5 Å². The smallest absolute Gasteiger partial charge is 0.324 e. The van der Waals surface area contributed by atoms with Crippen molar-refractivity contribution in [3.63, 3.8) is 0 Å². The van der Waals surface area contributed by atoms with E-state index in [0.29, 0.717) is 24.3 Å². The highest BCUT2D eigenvalue weighted by atomic mass is 16.7. The van der Waals surface area contributed by atoms with E-state index in [9.17, 15) is 60.7 Å². The van der Waals surface area contributed by atoms with Gasteiger partial charge in [-0.05, 0) is 25.9 Å². The molecule has 3 rings (SSSR count). The molecule has 1 saturated heterocycles. The summed E-state index contributed by atoms with van der Waals surface area (Å²) in [5, 5.41) is 80.4. The molecule has 1 heterocycles. The van der Waals surface area contributed by atoms with Crippen LogP contribution in [0.3, 0.4) is 0 Å². The van der Waals surface area contributed by atoms with Gasteiger partial charge in [-0.15, -0.1) is 0 Å². The lowest BCUT2D eigenvalue weighted by Crippen LogP contribution is -2.27. The van der Waals surface area contributed by atoms with Crippen molar-refractivity contribution < 1.29 is 39.8 Å². The molecule has 1 aliphatic heterocycles. The predicted molar refractivity (Wildman–Crippen MR) is 200 cm³/mol. The minimum absolute atomic E-state index is 0.447. The Labute approximate surface area is 316 Å². The van der Waals surface area contributed by atoms with Crippen LogP contribution in [0.5, 0.6) is 11.5 Å². The van der Waals surface area contributed by atoms with Crippen LogP contribution in [-0.2, 0) is 0 Å². The second-order valence-electron chi connectivity index (χ2n) is 12.8. The van der Waals surface area contributed by atoms with Gasteiger partial charge in [0.05, 0.1) is 60.5 Å². The highest BCUT2D eigenvalue weighted by Crippen LogP contribution is 2.40. The van der Waals surface area contributed by atoms with Crippen molar-refractivity contribution in [3.8, 4) is 11.5 Å². The van der Waals surface area contributed by atoms with Gasteiger partial charge in [0.1, 0.15) is 0 Å². The maximum atomic E-state index is 10.4. The average molecular weight is 783 g/mol. The Bertz CT molecular complexity index is 1420. The van der Waals surface area contributed by atoms with E-state index in [2.05, 4.69) is 23.6 Å². The van der Waals surface area contributed by atoms with Gasteiger partial charge >= 0.3 is 22.7 Å². The first-order valence-electron chi connectivity index (χ1n) is 18.1. The Kier molecular flexibility index (Phi) is 21.9. The van der Waals surface area contributed by atoms with Gasteiger partial charge in [-0.1, -0.05) is 90.9 Å². The molecule has 0 atom stereocenters. The maximum absolute atomic E-state index is 10.4. The van der Waals surface area contributed by atoms with Crippen LogP contribution in [0.1, 0.15) is 104 Å². The third kappa shape index (κ3) is 17.4. The molecule has 2 N–H and O–H groups in total. The topological polar surface area (TPSA) is 306 Å². The standard InChI is InChI=1S/C21H44N2.2C6H3N3O7/c1-3-5-7-9-11-13-15-17-22-19-20-23(21-22)18-16-14-12-10-8-6-4-2;2*10-6-4(8(13)14)1-3(7(11)12)2-5(6)9(15)16/h3-21H2,1-2H3;2*1-2,10H. The molecule has 0 radical (unpaired) electrons. The molecule has 0 aromatic heterocycles. The molecule has 0 saturated carbocycles. The fraction of sp³-hybridized carbons (Fsp3) is 0.636. The van der Waals surface area contributed by atoms with E-state index in [4.69, 9.17) is 10.2 Å². The van der Waals surface area contributed by atoms with Gasteiger partial charge in [0.15, 0.2) is 0 Å². The molecule has 0 unspecified atom stereocenters. The Morgan fingerprint density at radius 2 is 0.709 bits per heavy atom. The SMILES string of the molecule is CCCCCCCCCN1CCN(CCCCCCCCC)C1.O=[N+]([O-])c1cc([N+](=O)[O-])c(O)c([N+](=O)[O-])c1.O=[N+]([O-])c1cc([N+](=O)[O-])c(O)c([N+](=O)[O-])c1. The van der Waals surface area contributed by atoms with Crippen molar-refractivity contribution in [2.75, 3.05) is 32.8 Å². The molecule has 22 nitrogen and oxygen atoms in total. The number of nitro groups is 6. The highest BCUT2D eigenvalue weighted by Gasteiger charge is 2.31.